The molecule has 0 aliphatic rings. The third kappa shape index (κ3) is 5.99. The summed E-state index contributed by atoms with van der Waals surface area (Å²) in [4.78, 5) is 28.4. The highest BCUT2D eigenvalue weighted by Gasteiger charge is 2.16. The van der Waals surface area contributed by atoms with E-state index in [4.69, 9.17) is 37.4 Å². The Morgan fingerprint density at radius 2 is 1.74 bits per heavy atom. The fourth-order valence-corrected chi connectivity index (χ4v) is 3.32. The van der Waals surface area contributed by atoms with E-state index in [1.807, 2.05) is 19.9 Å². The van der Waals surface area contributed by atoms with Crippen LogP contribution in [0.3, 0.4) is 0 Å². The van der Waals surface area contributed by atoms with Crippen LogP contribution >= 0.6 is 23.2 Å². The maximum atomic E-state index is 12.0. The summed E-state index contributed by atoms with van der Waals surface area (Å²) in [5.74, 6) is -0.291. The Hall–Kier alpha value is -3.03. The van der Waals surface area contributed by atoms with Gasteiger partial charge in [-0.1, -0.05) is 23.2 Å². The molecule has 3 aromatic rings. The SMILES string of the molecule is CCOc1ccc(NC(=O)COC(=O)COc2c(Cl)cc(Cl)c3ccc(C)nc23)cc1. The van der Waals surface area contributed by atoms with Crippen LogP contribution in [0.4, 0.5) is 5.69 Å². The van der Waals surface area contributed by atoms with E-state index in [2.05, 4.69) is 10.3 Å². The summed E-state index contributed by atoms with van der Waals surface area (Å²) in [5.41, 5.74) is 1.74. The Morgan fingerprint density at radius 1 is 1.00 bits per heavy atom. The molecule has 0 spiro atoms. The number of nitrogens with zero attached hydrogens (tertiary/aromatic N) is 1. The van der Waals surface area contributed by atoms with Gasteiger partial charge in [0.15, 0.2) is 19.0 Å². The minimum atomic E-state index is -0.728. The standard InChI is InChI=1S/C22H20Cl2N2O5/c1-3-29-15-7-5-14(6-8-15)26-19(27)11-30-20(28)12-31-22-18(24)10-17(23)16-9-4-13(2)25-21(16)22/h4-10H,3,11-12H2,1-2H3,(H,26,27). The first kappa shape index (κ1) is 22.7. The number of aromatic nitrogens is 1. The molecule has 3 rings (SSSR count). The molecule has 1 heterocycles. The lowest BCUT2D eigenvalue weighted by Gasteiger charge is -2.12. The number of rotatable bonds is 8. The van der Waals surface area contributed by atoms with Crippen molar-refractivity contribution >= 4 is 51.7 Å². The van der Waals surface area contributed by atoms with E-state index in [1.54, 1.807) is 30.3 Å². The van der Waals surface area contributed by atoms with E-state index in [9.17, 15) is 9.59 Å². The molecule has 0 bridgehead atoms. The molecule has 0 atom stereocenters. The summed E-state index contributed by atoms with van der Waals surface area (Å²) in [6, 6.07) is 12.0. The normalized spacial score (nSPS) is 10.6. The van der Waals surface area contributed by atoms with E-state index in [1.165, 1.54) is 6.07 Å². The lowest BCUT2D eigenvalue weighted by molar-refractivity contribution is -0.149. The molecule has 1 aromatic heterocycles. The molecule has 0 saturated heterocycles. The first-order valence-corrected chi connectivity index (χ1v) is 10.2. The van der Waals surface area contributed by atoms with Crippen molar-refractivity contribution in [3.8, 4) is 11.5 Å². The van der Waals surface area contributed by atoms with Crippen LogP contribution in [0.15, 0.2) is 42.5 Å². The summed E-state index contributed by atoms with van der Waals surface area (Å²) in [7, 11) is 0. The maximum absolute atomic E-state index is 12.0. The van der Waals surface area contributed by atoms with Crippen molar-refractivity contribution in [2.75, 3.05) is 25.1 Å². The number of hydrogen-bond acceptors (Lipinski definition) is 6. The van der Waals surface area contributed by atoms with Crippen molar-refractivity contribution < 1.29 is 23.8 Å². The van der Waals surface area contributed by atoms with Crippen LogP contribution in [0.2, 0.25) is 10.0 Å². The number of benzene rings is 2. The summed E-state index contributed by atoms with van der Waals surface area (Å²) in [6.45, 7) is 3.35. The van der Waals surface area contributed by atoms with Crippen molar-refractivity contribution in [2.24, 2.45) is 0 Å². The van der Waals surface area contributed by atoms with Crippen molar-refractivity contribution in [3.05, 3.63) is 58.2 Å². The molecule has 0 aliphatic carbocycles. The van der Waals surface area contributed by atoms with E-state index in [0.29, 0.717) is 34.0 Å². The number of fused-ring (bicyclic) bond motifs is 1. The van der Waals surface area contributed by atoms with E-state index >= 15 is 0 Å². The second-order valence-corrected chi connectivity index (χ2v) is 7.29. The second kappa shape index (κ2) is 10.3. The van der Waals surface area contributed by atoms with Gasteiger partial charge in [0.05, 0.1) is 16.7 Å². The number of hydrogen-bond donors (Lipinski definition) is 1. The van der Waals surface area contributed by atoms with Gasteiger partial charge < -0.3 is 19.5 Å². The van der Waals surface area contributed by atoms with E-state index < -0.39 is 25.1 Å². The molecule has 2 aromatic carbocycles. The molecule has 0 unspecified atom stereocenters. The summed E-state index contributed by atoms with van der Waals surface area (Å²) >= 11 is 12.4. The number of ether oxygens (including phenoxy) is 3. The number of halogens is 2. The minimum absolute atomic E-state index is 0.219. The molecule has 0 saturated carbocycles. The smallest absolute Gasteiger partial charge is 0.344 e. The van der Waals surface area contributed by atoms with Crippen molar-refractivity contribution in [2.45, 2.75) is 13.8 Å². The first-order chi connectivity index (χ1) is 14.9. The molecular formula is C22H20Cl2N2O5. The van der Waals surface area contributed by atoms with Crippen LogP contribution in [-0.2, 0) is 14.3 Å². The summed E-state index contributed by atoms with van der Waals surface area (Å²) in [5, 5.41) is 3.92. The summed E-state index contributed by atoms with van der Waals surface area (Å²) < 4.78 is 15.8. The Balaban J connectivity index is 1.55. The molecule has 162 valence electrons. The zero-order valence-corrected chi connectivity index (χ0v) is 18.4. The van der Waals surface area contributed by atoms with Crippen molar-refractivity contribution in [1.29, 1.82) is 0 Å². The highest BCUT2D eigenvalue weighted by molar-refractivity contribution is 6.39. The third-order valence-corrected chi connectivity index (χ3v) is 4.72. The Morgan fingerprint density at radius 3 is 2.45 bits per heavy atom. The molecule has 1 N–H and O–H groups in total. The number of esters is 1. The summed E-state index contributed by atoms with van der Waals surface area (Å²) in [6.07, 6.45) is 0. The molecule has 0 aliphatic heterocycles. The average Bonchev–Trinajstić information content (AvgIpc) is 2.73. The highest BCUT2D eigenvalue weighted by Crippen LogP contribution is 2.37. The quantitative estimate of drug-likeness (QED) is 0.483. The fraction of sp³-hybridized carbons (Fsp3) is 0.227. The van der Waals surface area contributed by atoms with Gasteiger partial charge >= 0.3 is 5.97 Å². The van der Waals surface area contributed by atoms with Crippen LogP contribution in [0.5, 0.6) is 11.5 Å². The van der Waals surface area contributed by atoms with Gasteiger partial charge in [-0.3, -0.25) is 4.79 Å². The molecule has 0 fully saturated rings. The van der Waals surface area contributed by atoms with Crippen LogP contribution in [0.25, 0.3) is 10.9 Å². The fourth-order valence-electron chi connectivity index (χ4n) is 2.74. The van der Waals surface area contributed by atoms with E-state index in [0.717, 1.165) is 5.69 Å². The largest absolute Gasteiger partial charge is 0.494 e. The molecule has 1 amide bonds. The number of carbonyl (C=O) groups excluding carboxylic acids is 2. The highest BCUT2D eigenvalue weighted by atomic mass is 35.5. The van der Waals surface area contributed by atoms with Gasteiger partial charge in [0.2, 0.25) is 0 Å². The lowest BCUT2D eigenvalue weighted by atomic mass is 10.2. The zero-order chi connectivity index (χ0) is 22.4. The van der Waals surface area contributed by atoms with Gasteiger partial charge in [0.25, 0.3) is 5.91 Å². The number of aryl methyl sites for hydroxylation is 1. The van der Waals surface area contributed by atoms with Crippen LogP contribution in [0, 0.1) is 6.92 Å². The first-order valence-electron chi connectivity index (χ1n) is 9.44. The molecule has 31 heavy (non-hydrogen) atoms. The predicted molar refractivity (Wildman–Crippen MR) is 119 cm³/mol. The van der Waals surface area contributed by atoms with Gasteiger partial charge in [-0.15, -0.1) is 0 Å². The minimum Gasteiger partial charge on any atom is -0.494 e. The van der Waals surface area contributed by atoms with Gasteiger partial charge in [-0.2, -0.15) is 0 Å². The second-order valence-electron chi connectivity index (χ2n) is 6.47. The van der Waals surface area contributed by atoms with Gasteiger partial charge in [0, 0.05) is 16.8 Å². The molecule has 7 nitrogen and oxygen atoms in total. The topological polar surface area (TPSA) is 86.8 Å². The molecular weight excluding hydrogens is 443 g/mol. The Labute approximate surface area is 189 Å². The van der Waals surface area contributed by atoms with E-state index in [-0.39, 0.29) is 10.8 Å². The number of carbonyl (C=O) groups is 2. The predicted octanol–water partition coefficient (Wildman–Crippen LogP) is 4.81. The van der Waals surface area contributed by atoms with Crippen LogP contribution in [0.1, 0.15) is 12.6 Å². The van der Waals surface area contributed by atoms with Gasteiger partial charge in [-0.05, 0) is 56.3 Å². The zero-order valence-electron chi connectivity index (χ0n) is 16.9. The number of amides is 1. The lowest BCUT2D eigenvalue weighted by Crippen LogP contribution is -2.23. The Bertz CT molecular complexity index is 1100. The van der Waals surface area contributed by atoms with Gasteiger partial charge in [-0.25, -0.2) is 9.78 Å². The number of pyridine rings is 1. The number of nitrogens with one attached hydrogen (secondary N) is 1. The van der Waals surface area contributed by atoms with Crippen LogP contribution < -0.4 is 14.8 Å². The molecule has 9 heteroatoms. The average molecular weight is 463 g/mol. The number of anilines is 1. The van der Waals surface area contributed by atoms with Crippen LogP contribution in [-0.4, -0.2) is 36.7 Å². The Kier molecular flexibility index (Phi) is 7.55. The van der Waals surface area contributed by atoms with Crippen molar-refractivity contribution in [1.82, 2.24) is 4.98 Å². The third-order valence-electron chi connectivity index (χ3n) is 4.12. The van der Waals surface area contributed by atoms with Crippen molar-refractivity contribution in [3.63, 3.8) is 0 Å². The maximum Gasteiger partial charge on any atom is 0.344 e. The molecule has 0 radical (unpaired) electrons. The van der Waals surface area contributed by atoms with Gasteiger partial charge in [0.1, 0.15) is 11.3 Å². The monoisotopic (exact) mass is 462 g/mol.